The molecule has 6 heteroatoms. The van der Waals surface area contributed by atoms with Gasteiger partial charge < -0.3 is 15.5 Å². The molecule has 2 heterocycles. The topological polar surface area (TPSA) is 61.4 Å². The highest BCUT2D eigenvalue weighted by atomic mass is 19.1. The summed E-state index contributed by atoms with van der Waals surface area (Å²) in [4.78, 5) is 26.6. The first kappa shape index (κ1) is 14.7. The van der Waals surface area contributed by atoms with Crippen LogP contribution in [-0.4, -0.2) is 29.9 Å². The molecule has 2 N–H and O–H groups in total. The van der Waals surface area contributed by atoms with E-state index in [9.17, 15) is 14.0 Å². The van der Waals surface area contributed by atoms with Crippen LogP contribution < -0.4 is 10.6 Å². The fourth-order valence-electron chi connectivity index (χ4n) is 3.53. The lowest BCUT2D eigenvalue weighted by molar-refractivity contribution is -0.120. The van der Waals surface area contributed by atoms with Gasteiger partial charge in [0.05, 0.1) is 5.41 Å². The summed E-state index contributed by atoms with van der Waals surface area (Å²) in [7, 11) is 0. The minimum Gasteiger partial charge on any atom is -0.325 e. The molecule has 0 aliphatic carbocycles. The quantitative estimate of drug-likeness (QED) is 0.847. The highest BCUT2D eigenvalue weighted by molar-refractivity contribution is 6.07. The van der Waals surface area contributed by atoms with Crippen molar-refractivity contribution in [2.75, 3.05) is 23.7 Å². The Labute approximate surface area is 138 Å². The molecule has 1 fully saturated rings. The van der Waals surface area contributed by atoms with E-state index in [2.05, 4.69) is 10.6 Å². The van der Waals surface area contributed by atoms with Crippen molar-refractivity contribution in [2.24, 2.45) is 0 Å². The average molecular weight is 325 g/mol. The molecular weight excluding hydrogens is 309 g/mol. The van der Waals surface area contributed by atoms with E-state index < -0.39 is 11.2 Å². The van der Waals surface area contributed by atoms with Crippen LogP contribution in [0, 0.1) is 5.82 Å². The van der Waals surface area contributed by atoms with Crippen molar-refractivity contribution in [3.63, 3.8) is 0 Å². The molecule has 0 saturated carbocycles. The van der Waals surface area contributed by atoms with Crippen LogP contribution >= 0.6 is 0 Å². The van der Waals surface area contributed by atoms with Crippen LogP contribution in [0.25, 0.3) is 0 Å². The number of halogens is 1. The van der Waals surface area contributed by atoms with Crippen molar-refractivity contribution in [3.8, 4) is 0 Å². The highest BCUT2D eigenvalue weighted by Crippen LogP contribution is 2.44. The zero-order chi connectivity index (χ0) is 16.7. The van der Waals surface area contributed by atoms with Gasteiger partial charge in [0, 0.05) is 24.5 Å². The molecule has 24 heavy (non-hydrogen) atoms. The highest BCUT2D eigenvalue weighted by Gasteiger charge is 2.51. The number of benzene rings is 2. The molecule has 0 bridgehead atoms. The summed E-state index contributed by atoms with van der Waals surface area (Å²) in [5, 5.41) is 5.59. The van der Waals surface area contributed by atoms with Crippen molar-refractivity contribution in [2.45, 2.75) is 11.8 Å². The first-order chi connectivity index (χ1) is 11.6. The lowest BCUT2D eigenvalue weighted by Crippen LogP contribution is -2.40. The van der Waals surface area contributed by atoms with E-state index >= 15 is 0 Å². The smallest absolute Gasteiger partial charge is 0.321 e. The van der Waals surface area contributed by atoms with Gasteiger partial charge in [0.1, 0.15) is 5.82 Å². The summed E-state index contributed by atoms with van der Waals surface area (Å²) in [5.41, 5.74) is 1.47. The van der Waals surface area contributed by atoms with E-state index in [4.69, 9.17) is 0 Å². The van der Waals surface area contributed by atoms with Crippen LogP contribution in [-0.2, 0) is 10.2 Å². The first-order valence-electron chi connectivity index (χ1n) is 7.81. The number of nitrogens with one attached hydrogen (secondary N) is 2. The molecule has 0 aromatic heterocycles. The van der Waals surface area contributed by atoms with Crippen LogP contribution in [0.1, 0.15) is 12.0 Å². The lowest BCUT2D eigenvalue weighted by Gasteiger charge is -2.22. The molecule has 4 rings (SSSR count). The van der Waals surface area contributed by atoms with Gasteiger partial charge in [-0.1, -0.05) is 24.3 Å². The summed E-state index contributed by atoms with van der Waals surface area (Å²) in [6, 6.07) is 13.0. The second kappa shape index (κ2) is 5.33. The van der Waals surface area contributed by atoms with Crippen molar-refractivity contribution < 1.29 is 14.0 Å². The van der Waals surface area contributed by atoms with Crippen LogP contribution in [0.5, 0.6) is 0 Å². The number of carbonyl (C=O) groups is 2. The first-order valence-corrected chi connectivity index (χ1v) is 7.81. The average Bonchev–Trinajstić information content (AvgIpc) is 3.12. The van der Waals surface area contributed by atoms with Gasteiger partial charge in [0.25, 0.3) is 0 Å². The normalized spacial score (nSPS) is 21.7. The maximum atomic E-state index is 13.2. The van der Waals surface area contributed by atoms with Crippen molar-refractivity contribution in [1.82, 2.24) is 4.90 Å². The Morgan fingerprint density at radius 3 is 2.88 bits per heavy atom. The molecule has 2 aromatic carbocycles. The summed E-state index contributed by atoms with van der Waals surface area (Å²) in [6.45, 7) is 0.792. The van der Waals surface area contributed by atoms with E-state index in [1.54, 1.807) is 11.0 Å². The Morgan fingerprint density at radius 2 is 2.04 bits per heavy atom. The molecule has 2 aliphatic rings. The van der Waals surface area contributed by atoms with Gasteiger partial charge in [-0.2, -0.15) is 0 Å². The van der Waals surface area contributed by atoms with Crippen molar-refractivity contribution in [3.05, 3.63) is 59.9 Å². The van der Waals surface area contributed by atoms with Gasteiger partial charge in [0.15, 0.2) is 0 Å². The van der Waals surface area contributed by atoms with E-state index in [1.807, 2.05) is 24.3 Å². The molecule has 5 nitrogen and oxygen atoms in total. The Kier molecular flexibility index (Phi) is 3.26. The van der Waals surface area contributed by atoms with E-state index in [1.165, 1.54) is 18.2 Å². The number of hydrogen-bond acceptors (Lipinski definition) is 2. The molecule has 0 unspecified atom stereocenters. The number of amides is 3. The summed E-state index contributed by atoms with van der Waals surface area (Å²) in [6.07, 6.45) is 0.576. The SMILES string of the molecule is O=C(Nc1cccc(F)c1)N1CC[C@]2(C1)C(=O)Nc1ccccc12. The van der Waals surface area contributed by atoms with E-state index in [0.29, 0.717) is 25.2 Å². The number of carbonyl (C=O) groups excluding carboxylic acids is 2. The molecular formula is C18H16FN3O2. The fourth-order valence-corrected chi connectivity index (χ4v) is 3.53. The molecule has 2 aromatic rings. The number of likely N-dealkylation sites (tertiary alicyclic amines) is 1. The second-order valence-electron chi connectivity index (χ2n) is 6.19. The van der Waals surface area contributed by atoms with Crippen LogP contribution in [0.15, 0.2) is 48.5 Å². The Bertz CT molecular complexity index is 839. The second-order valence-corrected chi connectivity index (χ2v) is 6.19. The summed E-state index contributed by atoms with van der Waals surface area (Å²) in [5.74, 6) is -0.473. The standard InChI is InChI=1S/C18H16FN3O2/c19-12-4-3-5-13(10-12)20-17(24)22-9-8-18(11-22)14-6-1-2-7-15(14)21-16(18)23/h1-7,10H,8-9,11H2,(H,20,24)(H,21,23)/t18-/m1/s1. The third-order valence-electron chi connectivity index (χ3n) is 4.76. The maximum Gasteiger partial charge on any atom is 0.321 e. The van der Waals surface area contributed by atoms with Crippen LogP contribution in [0.3, 0.4) is 0 Å². The number of para-hydroxylation sites is 1. The van der Waals surface area contributed by atoms with E-state index in [0.717, 1.165) is 11.3 Å². The largest absolute Gasteiger partial charge is 0.325 e. The number of nitrogens with zero attached hydrogens (tertiary/aromatic N) is 1. The lowest BCUT2D eigenvalue weighted by atomic mass is 9.81. The van der Waals surface area contributed by atoms with Crippen molar-refractivity contribution >= 4 is 23.3 Å². The molecule has 2 aliphatic heterocycles. The number of anilines is 2. The van der Waals surface area contributed by atoms with Gasteiger partial charge in [-0.05, 0) is 36.2 Å². The molecule has 3 amide bonds. The predicted octanol–water partition coefficient (Wildman–Crippen LogP) is 2.95. The Morgan fingerprint density at radius 1 is 1.21 bits per heavy atom. The Balaban J connectivity index is 1.54. The number of rotatable bonds is 1. The van der Waals surface area contributed by atoms with Crippen LogP contribution in [0.4, 0.5) is 20.6 Å². The minimum absolute atomic E-state index is 0.0650. The molecule has 0 radical (unpaired) electrons. The zero-order valence-corrected chi connectivity index (χ0v) is 12.9. The third-order valence-corrected chi connectivity index (χ3v) is 4.76. The summed E-state index contributed by atoms with van der Waals surface area (Å²) >= 11 is 0. The van der Waals surface area contributed by atoms with E-state index in [-0.39, 0.29) is 11.9 Å². The zero-order valence-electron chi connectivity index (χ0n) is 12.9. The minimum atomic E-state index is -0.685. The van der Waals surface area contributed by atoms with Crippen molar-refractivity contribution in [1.29, 1.82) is 0 Å². The third kappa shape index (κ3) is 2.22. The fraction of sp³-hybridized carbons (Fsp3) is 0.222. The van der Waals surface area contributed by atoms with Gasteiger partial charge in [-0.15, -0.1) is 0 Å². The van der Waals surface area contributed by atoms with Crippen LogP contribution in [0.2, 0.25) is 0 Å². The molecule has 122 valence electrons. The van der Waals surface area contributed by atoms with Gasteiger partial charge in [0.2, 0.25) is 5.91 Å². The van der Waals surface area contributed by atoms with Gasteiger partial charge >= 0.3 is 6.03 Å². The maximum absolute atomic E-state index is 13.2. The molecule has 1 atom stereocenters. The molecule has 1 spiro atoms. The number of fused-ring (bicyclic) bond motifs is 2. The number of urea groups is 1. The molecule has 1 saturated heterocycles. The Hall–Kier alpha value is -2.89. The predicted molar refractivity (Wildman–Crippen MR) is 88.4 cm³/mol. The summed E-state index contributed by atoms with van der Waals surface area (Å²) < 4.78 is 13.2. The van der Waals surface area contributed by atoms with Gasteiger partial charge in [-0.3, -0.25) is 4.79 Å². The number of hydrogen-bond donors (Lipinski definition) is 2. The monoisotopic (exact) mass is 325 g/mol. The van der Waals surface area contributed by atoms with Gasteiger partial charge in [-0.25, -0.2) is 9.18 Å².